The van der Waals surface area contributed by atoms with Crippen LogP contribution in [0, 0.1) is 0 Å². The highest BCUT2D eigenvalue weighted by Gasteiger charge is 2.37. The van der Waals surface area contributed by atoms with Gasteiger partial charge in [-0.1, -0.05) is 68.8 Å². The number of nitrogens with zero attached hydrogens (tertiary/aromatic N) is 6. The number of aryl methyl sites for hydroxylation is 1. The van der Waals surface area contributed by atoms with E-state index in [0.717, 1.165) is 53.8 Å². The molecule has 0 fully saturated rings. The number of unbranched alkanes of at least 4 members (excludes halogenated alkanes) is 1. The van der Waals surface area contributed by atoms with Crippen LogP contribution in [-0.2, 0) is 28.2 Å². The van der Waals surface area contributed by atoms with Crippen LogP contribution < -0.4 is 0 Å². The molecule has 0 aliphatic carbocycles. The van der Waals surface area contributed by atoms with Gasteiger partial charge in [-0.2, -0.15) is 0 Å². The highest BCUT2D eigenvalue weighted by Crippen LogP contribution is 2.31. The molecule has 1 N–H and O–H groups in total. The lowest BCUT2D eigenvalue weighted by Crippen LogP contribution is -2.32. The molecular formula is C26H33N7O2. The minimum Gasteiger partial charge on any atom is -0.347 e. The molecule has 0 saturated heterocycles. The average molecular weight is 476 g/mol. The number of benzene rings is 2. The third-order valence-electron chi connectivity index (χ3n) is 6.21. The minimum absolute atomic E-state index is 0.589. The van der Waals surface area contributed by atoms with Crippen LogP contribution in [0.25, 0.3) is 22.5 Å². The van der Waals surface area contributed by atoms with Crippen molar-refractivity contribution in [1.82, 2.24) is 35.4 Å². The standard InChI is InChI=1S/C26H33N7O2/c1-5-7-17-26(34-3,35-4)25-27-23(10-6-2)33(30-25)18-19-13-15-20(16-14-19)21-11-8-9-12-22(21)24-28-31-32-29-24/h8-9,11-16H,5-7,10,17-18H2,1-4H3,(H,28,29,31,32). The van der Waals surface area contributed by atoms with Crippen molar-refractivity contribution in [2.24, 2.45) is 0 Å². The third-order valence-corrected chi connectivity index (χ3v) is 6.21. The Bertz CT molecular complexity index is 1200. The van der Waals surface area contributed by atoms with E-state index in [2.05, 4.69) is 64.8 Å². The molecule has 0 saturated carbocycles. The van der Waals surface area contributed by atoms with Crippen molar-refractivity contribution >= 4 is 0 Å². The maximum Gasteiger partial charge on any atom is 0.231 e. The zero-order valence-corrected chi connectivity index (χ0v) is 20.9. The van der Waals surface area contributed by atoms with Gasteiger partial charge < -0.3 is 9.47 Å². The molecule has 9 heteroatoms. The topological polar surface area (TPSA) is 104 Å². The molecule has 0 aliphatic rings. The van der Waals surface area contributed by atoms with Crippen LogP contribution in [0.3, 0.4) is 0 Å². The fourth-order valence-corrected chi connectivity index (χ4v) is 4.24. The van der Waals surface area contributed by atoms with Crippen LogP contribution in [0.15, 0.2) is 48.5 Å². The Morgan fingerprint density at radius 2 is 1.69 bits per heavy atom. The van der Waals surface area contributed by atoms with Crippen molar-refractivity contribution in [1.29, 1.82) is 0 Å². The normalized spacial score (nSPS) is 11.8. The van der Waals surface area contributed by atoms with Gasteiger partial charge >= 0.3 is 0 Å². The second-order valence-corrected chi connectivity index (χ2v) is 8.52. The van der Waals surface area contributed by atoms with Gasteiger partial charge in [-0.15, -0.1) is 10.2 Å². The number of aromatic nitrogens is 7. The van der Waals surface area contributed by atoms with Crippen LogP contribution in [0.1, 0.15) is 56.7 Å². The number of hydrogen-bond donors (Lipinski definition) is 1. The molecule has 0 radical (unpaired) electrons. The number of hydrogen-bond acceptors (Lipinski definition) is 7. The molecule has 9 nitrogen and oxygen atoms in total. The van der Waals surface area contributed by atoms with E-state index < -0.39 is 5.79 Å². The van der Waals surface area contributed by atoms with Gasteiger partial charge in [0.05, 0.1) is 6.54 Å². The number of ether oxygens (including phenoxy) is 2. The Morgan fingerprint density at radius 1 is 0.943 bits per heavy atom. The summed E-state index contributed by atoms with van der Waals surface area (Å²) >= 11 is 0. The minimum atomic E-state index is -0.924. The van der Waals surface area contributed by atoms with Gasteiger partial charge in [0, 0.05) is 32.6 Å². The van der Waals surface area contributed by atoms with E-state index in [0.29, 0.717) is 24.6 Å². The molecular weight excluding hydrogens is 442 g/mol. The summed E-state index contributed by atoms with van der Waals surface area (Å²) in [4.78, 5) is 4.85. The van der Waals surface area contributed by atoms with Crippen LogP contribution in [-0.4, -0.2) is 49.6 Å². The highest BCUT2D eigenvalue weighted by atomic mass is 16.7. The zero-order chi connectivity index (χ0) is 24.7. The van der Waals surface area contributed by atoms with Crippen LogP contribution in [0.4, 0.5) is 0 Å². The largest absolute Gasteiger partial charge is 0.347 e. The molecule has 2 heterocycles. The van der Waals surface area contributed by atoms with Gasteiger partial charge in [0.15, 0.2) is 5.82 Å². The molecule has 0 spiro atoms. The summed E-state index contributed by atoms with van der Waals surface area (Å²) < 4.78 is 13.6. The van der Waals surface area contributed by atoms with Crippen molar-refractivity contribution < 1.29 is 9.47 Å². The molecule has 0 aliphatic heterocycles. The Balaban J connectivity index is 1.61. The molecule has 0 bridgehead atoms. The number of aromatic amines is 1. The number of tetrazole rings is 1. The highest BCUT2D eigenvalue weighted by molar-refractivity contribution is 5.80. The summed E-state index contributed by atoms with van der Waals surface area (Å²) in [6, 6.07) is 16.6. The third kappa shape index (κ3) is 5.31. The lowest BCUT2D eigenvalue weighted by Gasteiger charge is -2.27. The maximum atomic E-state index is 5.80. The monoisotopic (exact) mass is 475 g/mol. The average Bonchev–Trinajstić information content (AvgIpc) is 3.57. The van der Waals surface area contributed by atoms with E-state index in [-0.39, 0.29) is 0 Å². The molecule has 4 aromatic rings. The second kappa shape index (κ2) is 11.3. The Hall–Kier alpha value is -3.43. The first-order chi connectivity index (χ1) is 17.1. The SMILES string of the molecule is CCCCC(OC)(OC)c1nc(CCC)n(Cc2ccc(-c3ccccc3-c3nnn[nH]3)cc2)n1. The van der Waals surface area contributed by atoms with Crippen molar-refractivity contribution in [3.05, 3.63) is 65.7 Å². The first-order valence-corrected chi connectivity index (χ1v) is 12.1. The Labute approximate surface area is 205 Å². The summed E-state index contributed by atoms with van der Waals surface area (Å²) in [5, 5.41) is 19.2. The van der Waals surface area contributed by atoms with Gasteiger partial charge in [-0.3, -0.25) is 0 Å². The van der Waals surface area contributed by atoms with E-state index in [9.17, 15) is 0 Å². The number of methoxy groups -OCH3 is 2. The van der Waals surface area contributed by atoms with Gasteiger partial charge in [-0.05, 0) is 40.0 Å². The molecule has 0 unspecified atom stereocenters. The molecule has 0 atom stereocenters. The van der Waals surface area contributed by atoms with Crippen LogP contribution >= 0.6 is 0 Å². The van der Waals surface area contributed by atoms with E-state index in [1.807, 2.05) is 22.9 Å². The van der Waals surface area contributed by atoms with E-state index >= 15 is 0 Å². The molecule has 4 rings (SSSR count). The second-order valence-electron chi connectivity index (χ2n) is 8.52. The summed E-state index contributed by atoms with van der Waals surface area (Å²) in [5.41, 5.74) is 4.24. The van der Waals surface area contributed by atoms with Gasteiger partial charge in [-0.25, -0.2) is 14.8 Å². The smallest absolute Gasteiger partial charge is 0.231 e. The molecule has 2 aromatic heterocycles. The van der Waals surface area contributed by atoms with Gasteiger partial charge in [0.25, 0.3) is 0 Å². The van der Waals surface area contributed by atoms with Crippen molar-refractivity contribution in [3.8, 4) is 22.5 Å². The first-order valence-electron chi connectivity index (χ1n) is 12.1. The van der Waals surface area contributed by atoms with E-state index in [4.69, 9.17) is 19.6 Å². The van der Waals surface area contributed by atoms with Crippen LogP contribution in [0.2, 0.25) is 0 Å². The van der Waals surface area contributed by atoms with Gasteiger partial charge in [0.1, 0.15) is 5.82 Å². The summed E-state index contributed by atoms with van der Waals surface area (Å²) in [6.07, 6.45) is 4.53. The van der Waals surface area contributed by atoms with Crippen molar-refractivity contribution in [3.63, 3.8) is 0 Å². The predicted octanol–water partition coefficient (Wildman–Crippen LogP) is 4.76. The quantitative estimate of drug-likeness (QED) is 0.295. The molecule has 0 amide bonds. The van der Waals surface area contributed by atoms with E-state index in [1.165, 1.54) is 0 Å². The summed E-state index contributed by atoms with van der Waals surface area (Å²) in [7, 11) is 3.32. The fourth-order valence-electron chi connectivity index (χ4n) is 4.24. The molecule has 35 heavy (non-hydrogen) atoms. The number of nitrogens with one attached hydrogen (secondary N) is 1. The van der Waals surface area contributed by atoms with E-state index in [1.54, 1.807) is 14.2 Å². The number of rotatable bonds is 12. The molecule has 184 valence electrons. The Morgan fingerprint density at radius 3 is 2.31 bits per heavy atom. The maximum absolute atomic E-state index is 5.80. The Kier molecular flexibility index (Phi) is 7.99. The predicted molar refractivity (Wildman–Crippen MR) is 133 cm³/mol. The first kappa shape index (κ1) is 24.7. The summed E-state index contributed by atoms with van der Waals surface area (Å²) in [5.74, 6) is 1.24. The zero-order valence-electron chi connectivity index (χ0n) is 20.9. The number of H-pyrrole nitrogens is 1. The van der Waals surface area contributed by atoms with Crippen molar-refractivity contribution in [2.75, 3.05) is 14.2 Å². The lowest BCUT2D eigenvalue weighted by molar-refractivity contribution is -0.226. The van der Waals surface area contributed by atoms with Crippen LogP contribution in [0.5, 0.6) is 0 Å². The lowest BCUT2D eigenvalue weighted by atomic mass is 9.98. The fraction of sp³-hybridized carbons (Fsp3) is 0.423. The molecule has 2 aromatic carbocycles. The van der Waals surface area contributed by atoms with Crippen molar-refractivity contribution in [2.45, 2.75) is 58.3 Å². The summed E-state index contributed by atoms with van der Waals surface area (Å²) in [6.45, 7) is 4.91. The van der Waals surface area contributed by atoms with Gasteiger partial charge in [0.2, 0.25) is 11.6 Å².